The maximum Gasteiger partial charge on any atom is 0.250 e. The van der Waals surface area contributed by atoms with E-state index in [0.717, 1.165) is 16.9 Å². The number of methoxy groups -OCH3 is 1. The van der Waals surface area contributed by atoms with Crippen LogP contribution in [0.5, 0.6) is 0 Å². The van der Waals surface area contributed by atoms with Crippen molar-refractivity contribution < 1.29 is 9.53 Å². The molecule has 2 atom stereocenters. The zero-order valence-electron chi connectivity index (χ0n) is 18.7. The number of hydrogen-bond donors (Lipinski definition) is 2. The lowest BCUT2D eigenvalue weighted by molar-refractivity contribution is -0.119. The second-order valence-electron chi connectivity index (χ2n) is 8.13. The van der Waals surface area contributed by atoms with Gasteiger partial charge in [-0.05, 0) is 68.0 Å². The first-order valence-electron chi connectivity index (χ1n) is 10.7. The average Bonchev–Trinajstić information content (AvgIpc) is 3.41. The molecular weight excluding hydrogens is 458 g/mol. The minimum Gasteiger partial charge on any atom is -0.375 e. The molecule has 3 aromatic rings. The van der Waals surface area contributed by atoms with Crippen LogP contribution in [0.15, 0.2) is 61.1 Å². The van der Waals surface area contributed by atoms with Gasteiger partial charge in [-0.15, -0.1) is 0 Å². The van der Waals surface area contributed by atoms with Crippen molar-refractivity contribution in [2.75, 3.05) is 23.9 Å². The third-order valence-electron chi connectivity index (χ3n) is 5.55. The van der Waals surface area contributed by atoms with Crippen molar-refractivity contribution in [3.8, 4) is 0 Å². The van der Waals surface area contributed by atoms with Crippen LogP contribution in [0.2, 0.25) is 5.02 Å². The first-order valence-corrected chi connectivity index (χ1v) is 11.4. The fourth-order valence-corrected chi connectivity index (χ4v) is 4.54. The van der Waals surface area contributed by atoms with E-state index < -0.39 is 0 Å². The van der Waals surface area contributed by atoms with Gasteiger partial charge in [-0.1, -0.05) is 17.7 Å². The summed E-state index contributed by atoms with van der Waals surface area (Å²) >= 11 is 12.3. The fraction of sp³-hybridized carbons (Fsp3) is 0.292. The van der Waals surface area contributed by atoms with Gasteiger partial charge in [0.15, 0.2) is 5.11 Å². The second-order valence-corrected chi connectivity index (χ2v) is 8.92. The summed E-state index contributed by atoms with van der Waals surface area (Å²) in [5.74, 6) is -0.270. The maximum absolute atomic E-state index is 11.9. The Kier molecular flexibility index (Phi) is 6.97. The molecule has 0 aliphatic carbocycles. The number of nitrogens with zero attached hydrogens (tertiary/aromatic N) is 3. The number of nitrogens with one attached hydrogen (secondary N) is 2. The molecule has 172 valence electrons. The van der Waals surface area contributed by atoms with E-state index in [1.807, 2.05) is 30.3 Å². The molecule has 1 aromatic carbocycles. The molecule has 9 heteroatoms. The van der Waals surface area contributed by atoms with E-state index in [0.29, 0.717) is 21.9 Å². The number of aromatic nitrogens is 2. The van der Waals surface area contributed by atoms with Crippen molar-refractivity contribution in [1.29, 1.82) is 0 Å². The molecule has 4 rings (SSSR count). The number of pyridine rings is 1. The summed E-state index contributed by atoms with van der Waals surface area (Å²) in [6.45, 7) is 4.25. The number of amides is 1. The molecule has 0 saturated carbocycles. The Balaban J connectivity index is 1.72. The number of ether oxygens (including phenoxy) is 1. The highest BCUT2D eigenvalue weighted by Gasteiger charge is 2.41. The van der Waals surface area contributed by atoms with E-state index in [-0.39, 0.29) is 24.6 Å². The van der Waals surface area contributed by atoms with E-state index in [9.17, 15) is 4.79 Å². The van der Waals surface area contributed by atoms with Gasteiger partial charge in [0, 0.05) is 37.4 Å². The maximum atomic E-state index is 11.9. The van der Waals surface area contributed by atoms with E-state index in [1.165, 1.54) is 7.11 Å². The Bertz CT molecular complexity index is 1150. The zero-order chi connectivity index (χ0) is 23.5. The van der Waals surface area contributed by atoms with Gasteiger partial charge in [-0.25, -0.2) is 0 Å². The Morgan fingerprint density at radius 1 is 1.30 bits per heavy atom. The molecule has 0 radical (unpaired) electrons. The quantitative estimate of drug-likeness (QED) is 0.467. The molecule has 2 N–H and O–H groups in total. The summed E-state index contributed by atoms with van der Waals surface area (Å²) < 4.78 is 7.05. The molecule has 1 saturated heterocycles. The van der Waals surface area contributed by atoms with Gasteiger partial charge in [0.1, 0.15) is 6.61 Å². The van der Waals surface area contributed by atoms with Crippen molar-refractivity contribution in [3.05, 3.63) is 77.3 Å². The van der Waals surface area contributed by atoms with Crippen LogP contribution in [0.4, 0.5) is 11.4 Å². The molecule has 33 heavy (non-hydrogen) atoms. The Labute approximate surface area is 203 Å². The van der Waals surface area contributed by atoms with Crippen molar-refractivity contribution in [2.45, 2.75) is 32.0 Å². The molecule has 3 heterocycles. The molecule has 7 nitrogen and oxygen atoms in total. The lowest BCUT2D eigenvalue weighted by atomic mass is 9.98. The predicted octanol–water partition coefficient (Wildman–Crippen LogP) is 4.88. The lowest BCUT2D eigenvalue weighted by Gasteiger charge is -2.27. The Hall–Kier alpha value is -2.94. The van der Waals surface area contributed by atoms with Crippen molar-refractivity contribution in [2.24, 2.45) is 0 Å². The molecule has 1 amide bonds. The van der Waals surface area contributed by atoms with E-state index in [2.05, 4.69) is 57.4 Å². The first kappa shape index (κ1) is 23.2. The highest BCUT2D eigenvalue weighted by atomic mass is 35.5. The summed E-state index contributed by atoms with van der Waals surface area (Å²) in [6.07, 6.45) is 6.01. The lowest BCUT2D eigenvalue weighted by Crippen LogP contribution is -2.29. The monoisotopic (exact) mass is 483 g/mol. The summed E-state index contributed by atoms with van der Waals surface area (Å²) in [4.78, 5) is 18.5. The van der Waals surface area contributed by atoms with Crippen LogP contribution >= 0.6 is 23.8 Å². The van der Waals surface area contributed by atoms with Crippen molar-refractivity contribution in [3.63, 3.8) is 0 Å². The zero-order valence-corrected chi connectivity index (χ0v) is 20.2. The largest absolute Gasteiger partial charge is 0.375 e. The molecular formula is C24H26ClN5O2S. The van der Waals surface area contributed by atoms with E-state index >= 15 is 0 Å². The number of carbonyl (C=O) groups excluding carboxylic acids is 1. The van der Waals surface area contributed by atoms with E-state index in [1.54, 1.807) is 12.3 Å². The summed E-state index contributed by atoms with van der Waals surface area (Å²) in [7, 11) is 1.47. The first-order chi connectivity index (χ1) is 15.9. The molecule has 2 aromatic heterocycles. The summed E-state index contributed by atoms with van der Waals surface area (Å²) in [5, 5.41) is 7.20. The van der Waals surface area contributed by atoms with E-state index in [4.69, 9.17) is 28.6 Å². The topological polar surface area (TPSA) is 71.4 Å². The fourth-order valence-electron chi connectivity index (χ4n) is 3.97. The third-order valence-corrected chi connectivity index (χ3v) is 6.18. The highest BCUT2D eigenvalue weighted by Crippen LogP contribution is 2.43. The smallest absolute Gasteiger partial charge is 0.250 e. The summed E-state index contributed by atoms with van der Waals surface area (Å²) in [5.41, 5.74) is 3.35. The number of halogens is 1. The third kappa shape index (κ3) is 4.88. The van der Waals surface area contributed by atoms with Gasteiger partial charge < -0.3 is 24.8 Å². The average molecular weight is 484 g/mol. The van der Waals surface area contributed by atoms with Crippen LogP contribution in [0.1, 0.15) is 43.2 Å². The number of carbonyl (C=O) groups is 1. The van der Waals surface area contributed by atoms with Crippen LogP contribution in [-0.2, 0) is 9.53 Å². The highest BCUT2D eigenvalue weighted by molar-refractivity contribution is 7.80. The second kappa shape index (κ2) is 9.91. The van der Waals surface area contributed by atoms with Crippen molar-refractivity contribution in [1.82, 2.24) is 14.9 Å². The van der Waals surface area contributed by atoms with Crippen LogP contribution in [0.25, 0.3) is 0 Å². The molecule has 0 unspecified atom stereocenters. The van der Waals surface area contributed by atoms with Gasteiger partial charge in [-0.2, -0.15) is 0 Å². The Morgan fingerprint density at radius 3 is 2.76 bits per heavy atom. The Morgan fingerprint density at radius 2 is 2.12 bits per heavy atom. The van der Waals surface area contributed by atoms with Gasteiger partial charge in [0.05, 0.1) is 28.5 Å². The number of anilines is 2. The standard InChI is InChI=1S/C24H26ClN5O2S/c1-15(2)29-11-9-16(13-29)23-22(20-6-4-5-10-26-20)28-24(33)30(23)17-7-8-19(18(25)12-17)27-21(31)14-32-3/h4-13,15,22-23H,14H2,1-3H3,(H,27,31)(H,28,33)/t22-,23+/m1/s1. The van der Waals surface area contributed by atoms with Gasteiger partial charge >= 0.3 is 0 Å². The molecule has 1 fully saturated rings. The molecule has 1 aliphatic rings. The number of rotatable bonds is 7. The van der Waals surface area contributed by atoms with Crippen LogP contribution in [0, 0.1) is 0 Å². The minimum atomic E-state index is -0.270. The molecule has 0 bridgehead atoms. The molecule has 0 spiro atoms. The van der Waals surface area contributed by atoms with Gasteiger partial charge in [0.2, 0.25) is 5.91 Å². The number of hydrogen-bond acceptors (Lipinski definition) is 4. The van der Waals surface area contributed by atoms with Crippen LogP contribution < -0.4 is 15.5 Å². The van der Waals surface area contributed by atoms with Crippen LogP contribution in [-0.4, -0.2) is 34.3 Å². The summed E-state index contributed by atoms with van der Waals surface area (Å²) in [6, 6.07) is 13.5. The SMILES string of the molecule is COCC(=O)Nc1ccc(N2C(=S)N[C@H](c3ccccn3)[C@@H]2c2ccn(C(C)C)c2)cc1Cl. The minimum absolute atomic E-state index is 0.0428. The normalized spacial score (nSPS) is 18.0. The van der Waals surface area contributed by atoms with Crippen LogP contribution in [0.3, 0.4) is 0 Å². The number of thiocarbonyl (C=S) groups is 1. The van der Waals surface area contributed by atoms with Gasteiger partial charge in [-0.3, -0.25) is 9.78 Å². The van der Waals surface area contributed by atoms with Crippen molar-refractivity contribution >= 4 is 46.2 Å². The van der Waals surface area contributed by atoms with Gasteiger partial charge in [0.25, 0.3) is 0 Å². The number of benzene rings is 1. The predicted molar refractivity (Wildman–Crippen MR) is 135 cm³/mol. The molecule has 1 aliphatic heterocycles.